The Morgan fingerprint density at radius 2 is 1.57 bits per heavy atom. The van der Waals surface area contributed by atoms with Crippen LogP contribution in [-0.4, -0.2) is 4.98 Å². The van der Waals surface area contributed by atoms with E-state index in [2.05, 4.69) is 16.4 Å². The third-order valence-electron chi connectivity index (χ3n) is 3.35. The summed E-state index contributed by atoms with van der Waals surface area (Å²) < 4.78 is 25.9. The highest BCUT2D eigenvalue weighted by Gasteiger charge is 2.02. The van der Waals surface area contributed by atoms with Gasteiger partial charge in [-0.05, 0) is 40.8 Å². The Morgan fingerprint density at radius 3 is 2.38 bits per heavy atom. The number of pyridine rings is 1. The molecule has 4 heteroatoms. The van der Waals surface area contributed by atoms with Gasteiger partial charge in [0.15, 0.2) is 11.6 Å². The van der Waals surface area contributed by atoms with Crippen LogP contribution in [-0.2, 0) is 13.1 Å². The minimum atomic E-state index is -0.818. The van der Waals surface area contributed by atoms with E-state index in [9.17, 15) is 8.78 Å². The molecule has 2 aromatic carbocycles. The lowest BCUT2D eigenvalue weighted by Gasteiger charge is -2.07. The second kappa shape index (κ2) is 5.97. The first-order valence-electron chi connectivity index (χ1n) is 6.70. The van der Waals surface area contributed by atoms with E-state index in [1.54, 1.807) is 12.3 Å². The highest BCUT2D eigenvalue weighted by molar-refractivity contribution is 5.81. The van der Waals surface area contributed by atoms with Gasteiger partial charge in [-0.15, -0.1) is 0 Å². The van der Waals surface area contributed by atoms with Crippen molar-refractivity contribution in [3.63, 3.8) is 0 Å². The number of benzene rings is 2. The lowest BCUT2D eigenvalue weighted by Crippen LogP contribution is -2.12. The van der Waals surface area contributed by atoms with Crippen molar-refractivity contribution in [1.82, 2.24) is 10.3 Å². The Morgan fingerprint density at radius 1 is 0.810 bits per heavy atom. The van der Waals surface area contributed by atoms with E-state index >= 15 is 0 Å². The van der Waals surface area contributed by atoms with E-state index in [0.29, 0.717) is 13.1 Å². The minimum Gasteiger partial charge on any atom is -0.309 e. The van der Waals surface area contributed by atoms with Gasteiger partial charge in [0.2, 0.25) is 0 Å². The number of aromatic nitrogens is 1. The summed E-state index contributed by atoms with van der Waals surface area (Å²) in [4.78, 5) is 4.08. The molecule has 1 aromatic heterocycles. The highest BCUT2D eigenvalue weighted by Crippen LogP contribution is 2.14. The van der Waals surface area contributed by atoms with E-state index < -0.39 is 11.6 Å². The van der Waals surface area contributed by atoms with Gasteiger partial charge < -0.3 is 5.32 Å². The third kappa shape index (κ3) is 3.23. The standard InChI is InChI=1S/C17H14F2N2/c18-16-4-2-13(8-17(16)19)10-21-9-12-1-3-15-11-20-6-5-14(15)7-12/h1-8,11,21H,9-10H2. The zero-order valence-electron chi connectivity index (χ0n) is 11.3. The fourth-order valence-corrected chi connectivity index (χ4v) is 2.24. The fraction of sp³-hybridized carbons (Fsp3) is 0.118. The topological polar surface area (TPSA) is 24.9 Å². The SMILES string of the molecule is Fc1ccc(CNCc2ccc3cnccc3c2)cc1F. The summed E-state index contributed by atoms with van der Waals surface area (Å²) >= 11 is 0. The molecule has 0 atom stereocenters. The first-order chi connectivity index (χ1) is 10.2. The first-order valence-corrected chi connectivity index (χ1v) is 6.70. The van der Waals surface area contributed by atoms with Crippen LogP contribution in [0, 0.1) is 11.6 Å². The number of halogens is 2. The van der Waals surface area contributed by atoms with Gasteiger partial charge in [0.05, 0.1) is 0 Å². The summed E-state index contributed by atoms with van der Waals surface area (Å²) in [6.45, 7) is 1.16. The Bertz CT molecular complexity index is 772. The third-order valence-corrected chi connectivity index (χ3v) is 3.35. The van der Waals surface area contributed by atoms with Crippen LogP contribution in [0.3, 0.4) is 0 Å². The van der Waals surface area contributed by atoms with Crippen molar-refractivity contribution in [3.8, 4) is 0 Å². The lowest BCUT2D eigenvalue weighted by atomic mass is 10.1. The summed E-state index contributed by atoms with van der Waals surface area (Å²) in [5.74, 6) is -1.63. The molecule has 0 bridgehead atoms. The number of nitrogens with zero attached hydrogens (tertiary/aromatic N) is 1. The van der Waals surface area contributed by atoms with Gasteiger partial charge in [0.1, 0.15) is 0 Å². The van der Waals surface area contributed by atoms with Crippen molar-refractivity contribution in [2.45, 2.75) is 13.1 Å². The van der Waals surface area contributed by atoms with Crippen LogP contribution >= 0.6 is 0 Å². The molecule has 0 fully saturated rings. The smallest absolute Gasteiger partial charge is 0.159 e. The Hall–Kier alpha value is -2.33. The fourth-order valence-electron chi connectivity index (χ4n) is 2.24. The summed E-state index contributed by atoms with van der Waals surface area (Å²) in [5.41, 5.74) is 1.86. The van der Waals surface area contributed by atoms with Gasteiger partial charge in [-0.1, -0.05) is 18.2 Å². The van der Waals surface area contributed by atoms with Gasteiger partial charge in [-0.25, -0.2) is 8.78 Å². The van der Waals surface area contributed by atoms with Crippen molar-refractivity contribution in [1.29, 1.82) is 0 Å². The first kappa shape index (κ1) is 13.6. The monoisotopic (exact) mass is 284 g/mol. The Kier molecular flexibility index (Phi) is 3.88. The van der Waals surface area contributed by atoms with Crippen LogP contribution < -0.4 is 5.32 Å². The molecule has 3 aromatic rings. The van der Waals surface area contributed by atoms with Gasteiger partial charge in [-0.2, -0.15) is 0 Å². The molecule has 0 radical (unpaired) electrons. The Labute approximate surface area is 121 Å². The molecule has 2 nitrogen and oxygen atoms in total. The molecule has 0 saturated heterocycles. The molecule has 0 aliphatic heterocycles. The molecule has 3 rings (SSSR count). The van der Waals surface area contributed by atoms with Crippen molar-refractivity contribution < 1.29 is 8.78 Å². The van der Waals surface area contributed by atoms with Gasteiger partial charge in [-0.3, -0.25) is 4.98 Å². The van der Waals surface area contributed by atoms with Gasteiger partial charge in [0.25, 0.3) is 0 Å². The summed E-state index contributed by atoms with van der Waals surface area (Å²) in [5, 5.41) is 5.46. The molecular formula is C17H14F2N2. The van der Waals surface area contributed by atoms with E-state index in [1.165, 1.54) is 6.07 Å². The summed E-state index contributed by atoms with van der Waals surface area (Å²) in [6, 6.07) is 12.1. The number of hydrogen-bond acceptors (Lipinski definition) is 2. The average molecular weight is 284 g/mol. The van der Waals surface area contributed by atoms with Gasteiger partial charge >= 0.3 is 0 Å². The van der Waals surface area contributed by atoms with Crippen LogP contribution in [0.15, 0.2) is 54.9 Å². The molecule has 0 saturated carbocycles. The van der Waals surface area contributed by atoms with E-state index in [0.717, 1.165) is 28.0 Å². The maximum absolute atomic E-state index is 13.1. The second-order valence-electron chi connectivity index (χ2n) is 4.91. The summed E-state index contributed by atoms with van der Waals surface area (Å²) in [6.07, 6.45) is 3.59. The lowest BCUT2D eigenvalue weighted by molar-refractivity contribution is 0.506. The van der Waals surface area contributed by atoms with Crippen LogP contribution in [0.5, 0.6) is 0 Å². The van der Waals surface area contributed by atoms with Gasteiger partial charge in [0, 0.05) is 30.9 Å². The molecule has 21 heavy (non-hydrogen) atoms. The maximum Gasteiger partial charge on any atom is 0.159 e. The minimum absolute atomic E-state index is 0.492. The molecule has 1 N–H and O–H groups in total. The van der Waals surface area contributed by atoms with E-state index in [1.807, 2.05) is 24.4 Å². The average Bonchev–Trinajstić information content (AvgIpc) is 2.51. The number of rotatable bonds is 4. The largest absolute Gasteiger partial charge is 0.309 e. The normalized spacial score (nSPS) is 11.0. The second-order valence-corrected chi connectivity index (χ2v) is 4.91. The maximum atomic E-state index is 13.1. The molecule has 0 aliphatic carbocycles. The summed E-state index contributed by atoms with van der Waals surface area (Å²) in [7, 11) is 0. The van der Waals surface area contributed by atoms with Crippen LogP contribution in [0.4, 0.5) is 8.78 Å². The van der Waals surface area contributed by atoms with Crippen molar-refractivity contribution in [3.05, 3.63) is 77.6 Å². The zero-order chi connectivity index (χ0) is 14.7. The molecule has 0 spiro atoms. The van der Waals surface area contributed by atoms with Crippen molar-refractivity contribution in [2.24, 2.45) is 0 Å². The molecular weight excluding hydrogens is 270 g/mol. The zero-order valence-corrected chi connectivity index (χ0v) is 11.3. The quantitative estimate of drug-likeness (QED) is 0.788. The van der Waals surface area contributed by atoms with E-state index in [4.69, 9.17) is 0 Å². The molecule has 0 amide bonds. The van der Waals surface area contributed by atoms with E-state index in [-0.39, 0.29) is 0 Å². The predicted molar refractivity (Wildman–Crippen MR) is 78.6 cm³/mol. The number of nitrogens with one attached hydrogen (secondary N) is 1. The van der Waals surface area contributed by atoms with Crippen molar-refractivity contribution in [2.75, 3.05) is 0 Å². The highest BCUT2D eigenvalue weighted by atomic mass is 19.2. The Balaban J connectivity index is 1.64. The molecule has 0 unspecified atom stereocenters. The molecule has 1 heterocycles. The number of hydrogen-bond donors (Lipinski definition) is 1. The van der Waals surface area contributed by atoms with Crippen LogP contribution in [0.1, 0.15) is 11.1 Å². The molecule has 0 aliphatic rings. The van der Waals surface area contributed by atoms with Crippen LogP contribution in [0.25, 0.3) is 10.8 Å². The number of fused-ring (bicyclic) bond motifs is 1. The van der Waals surface area contributed by atoms with Crippen molar-refractivity contribution >= 4 is 10.8 Å². The van der Waals surface area contributed by atoms with Crippen LogP contribution in [0.2, 0.25) is 0 Å². The molecule has 106 valence electrons. The predicted octanol–water partition coefficient (Wildman–Crippen LogP) is 3.80.